The molecule has 0 bridgehead atoms. The van der Waals surface area contributed by atoms with Gasteiger partial charge in [0.05, 0.1) is 5.02 Å². The molecule has 2 aromatic rings. The van der Waals surface area contributed by atoms with Gasteiger partial charge in [0, 0.05) is 12.6 Å². The van der Waals surface area contributed by atoms with E-state index in [0.717, 1.165) is 12.0 Å². The highest BCUT2D eigenvalue weighted by atomic mass is 35.5. The predicted octanol–water partition coefficient (Wildman–Crippen LogP) is 5.36. The Balaban J connectivity index is 2.07. The smallest absolute Gasteiger partial charge is 0.141 e. The monoisotopic (exact) mass is 305 g/mol. The van der Waals surface area contributed by atoms with Crippen molar-refractivity contribution in [2.75, 3.05) is 0 Å². The molecule has 0 aliphatic carbocycles. The Morgan fingerprint density at radius 1 is 1.10 bits per heavy atom. The van der Waals surface area contributed by atoms with Crippen LogP contribution in [0.25, 0.3) is 0 Å². The second-order valence-corrected chi connectivity index (χ2v) is 6.13. The van der Waals surface area contributed by atoms with Crippen LogP contribution in [0.2, 0.25) is 5.02 Å². The van der Waals surface area contributed by atoms with Gasteiger partial charge >= 0.3 is 0 Å². The van der Waals surface area contributed by atoms with Crippen molar-refractivity contribution >= 4 is 11.6 Å². The number of rotatable bonds is 6. The number of hydrogen-bond acceptors (Lipinski definition) is 1. The maximum Gasteiger partial charge on any atom is 0.141 e. The van der Waals surface area contributed by atoms with Crippen molar-refractivity contribution in [2.24, 2.45) is 5.92 Å². The molecule has 0 amide bonds. The highest BCUT2D eigenvalue weighted by molar-refractivity contribution is 6.30. The molecular weight excluding hydrogens is 285 g/mol. The van der Waals surface area contributed by atoms with Gasteiger partial charge in [0.15, 0.2) is 0 Å². The summed E-state index contributed by atoms with van der Waals surface area (Å²) >= 11 is 5.83. The molecule has 3 heteroatoms. The molecule has 0 saturated heterocycles. The first kappa shape index (κ1) is 16.0. The van der Waals surface area contributed by atoms with E-state index >= 15 is 0 Å². The van der Waals surface area contributed by atoms with E-state index in [-0.39, 0.29) is 16.9 Å². The van der Waals surface area contributed by atoms with Crippen molar-refractivity contribution in [1.29, 1.82) is 0 Å². The lowest BCUT2D eigenvalue weighted by Gasteiger charge is -2.21. The lowest BCUT2D eigenvalue weighted by atomic mass is 9.97. The summed E-state index contributed by atoms with van der Waals surface area (Å²) in [5.41, 5.74) is 2.27. The Bertz CT molecular complexity index is 569. The maximum absolute atomic E-state index is 13.2. The molecular formula is C18H21ClFN. The van der Waals surface area contributed by atoms with Crippen LogP contribution in [0.1, 0.15) is 37.4 Å². The summed E-state index contributed by atoms with van der Waals surface area (Å²) in [7, 11) is 0. The van der Waals surface area contributed by atoms with Crippen molar-refractivity contribution < 1.29 is 4.39 Å². The number of hydrogen-bond donors (Lipinski definition) is 1. The van der Waals surface area contributed by atoms with Gasteiger partial charge in [-0.05, 0) is 35.6 Å². The third kappa shape index (κ3) is 4.83. The van der Waals surface area contributed by atoms with E-state index < -0.39 is 0 Å². The maximum atomic E-state index is 13.2. The molecule has 0 spiro atoms. The van der Waals surface area contributed by atoms with Gasteiger partial charge in [0.2, 0.25) is 0 Å². The fourth-order valence-electron chi connectivity index (χ4n) is 2.38. The highest BCUT2D eigenvalue weighted by Crippen LogP contribution is 2.22. The first-order valence-corrected chi connectivity index (χ1v) is 7.66. The Morgan fingerprint density at radius 2 is 1.81 bits per heavy atom. The summed E-state index contributed by atoms with van der Waals surface area (Å²) in [5, 5.41) is 3.72. The quantitative estimate of drug-likeness (QED) is 0.758. The molecule has 2 aromatic carbocycles. The van der Waals surface area contributed by atoms with E-state index in [1.165, 1.54) is 11.6 Å². The van der Waals surface area contributed by atoms with E-state index in [4.69, 9.17) is 11.6 Å². The van der Waals surface area contributed by atoms with Gasteiger partial charge in [0.25, 0.3) is 0 Å². The SMILES string of the molecule is CC(C)CC(NCc1ccc(F)c(Cl)c1)c1ccccc1. The van der Waals surface area contributed by atoms with Crippen molar-refractivity contribution in [3.63, 3.8) is 0 Å². The van der Waals surface area contributed by atoms with Crippen LogP contribution >= 0.6 is 11.6 Å². The second-order valence-electron chi connectivity index (χ2n) is 5.72. The van der Waals surface area contributed by atoms with Crippen molar-refractivity contribution in [2.45, 2.75) is 32.9 Å². The van der Waals surface area contributed by atoms with Crippen LogP contribution in [0, 0.1) is 11.7 Å². The van der Waals surface area contributed by atoms with E-state index in [0.29, 0.717) is 12.5 Å². The van der Waals surface area contributed by atoms with E-state index in [1.54, 1.807) is 12.1 Å². The van der Waals surface area contributed by atoms with Crippen LogP contribution in [0.3, 0.4) is 0 Å². The molecule has 21 heavy (non-hydrogen) atoms. The summed E-state index contributed by atoms with van der Waals surface area (Å²) in [6.45, 7) is 5.10. The van der Waals surface area contributed by atoms with Crippen LogP contribution < -0.4 is 5.32 Å². The van der Waals surface area contributed by atoms with Crippen LogP contribution in [0.4, 0.5) is 4.39 Å². The number of halogens is 2. The van der Waals surface area contributed by atoms with E-state index in [1.807, 2.05) is 6.07 Å². The molecule has 1 atom stereocenters. The minimum Gasteiger partial charge on any atom is -0.306 e. The lowest BCUT2D eigenvalue weighted by Crippen LogP contribution is -2.22. The minimum absolute atomic E-state index is 0.175. The average molecular weight is 306 g/mol. The van der Waals surface area contributed by atoms with Gasteiger partial charge in [-0.3, -0.25) is 0 Å². The summed E-state index contributed by atoms with van der Waals surface area (Å²) < 4.78 is 13.2. The molecule has 0 heterocycles. The van der Waals surface area contributed by atoms with Gasteiger partial charge in [-0.1, -0.05) is 61.8 Å². The minimum atomic E-state index is -0.373. The molecule has 1 nitrogen and oxygen atoms in total. The summed E-state index contributed by atoms with van der Waals surface area (Å²) in [6, 6.07) is 15.6. The molecule has 0 aliphatic heterocycles. The molecule has 1 N–H and O–H groups in total. The van der Waals surface area contributed by atoms with E-state index in [9.17, 15) is 4.39 Å². The molecule has 2 rings (SSSR count). The third-order valence-corrected chi connectivity index (χ3v) is 3.74. The van der Waals surface area contributed by atoms with Crippen LogP contribution in [0.5, 0.6) is 0 Å². The van der Waals surface area contributed by atoms with Gasteiger partial charge in [-0.15, -0.1) is 0 Å². The molecule has 112 valence electrons. The Hall–Kier alpha value is -1.38. The van der Waals surface area contributed by atoms with Gasteiger partial charge in [0.1, 0.15) is 5.82 Å². The summed E-state index contributed by atoms with van der Waals surface area (Å²) in [4.78, 5) is 0. The van der Waals surface area contributed by atoms with Crippen LogP contribution in [0.15, 0.2) is 48.5 Å². The largest absolute Gasteiger partial charge is 0.306 e. The standard InChI is InChI=1S/C18H21ClFN/c1-13(2)10-18(15-6-4-3-5-7-15)21-12-14-8-9-17(20)16(19)11-14/h3-9,11,13,18,21H,10,12H2,1-2H3. The molecule has 0 radical (unpaired) electrons. The number of benzene rings is 2. The van der Waals surface area contributed by atoms with Gasteiger partial charge in [-0.2, -0.15) is 0 Å². The third-order valence-electron chi connectivity index (χ3n) is 3.45. The predicted molar refractivity (Wildman–Crippen MR) is 86.9 cm³/mol. The van der Waals surface area contributed by atoms with E-state index in [2.05, 4.69) is 43.4 Å². The van der Waals surface area contributed by atoms with Crippen LogP contribution in [-0.2, 0) is 6.54 Å². The molecule has 0 fully saturated rings. The highest BCUT2D eigenvalue weighted by Gasteiger charge is 2.13. The lowest BCUT2D eigenvalue weighted by molar-refractivity contribution is 0.428. The Morgan fingerprint density at radius 3 is 2.43 bits per heavy atom. The zero-order chi connectivity index (χ0) is 15.2. The zero-order valence-electron chi connectivity index (χ0n) is 12.4. The van der Waals surface area contributed by atoms with Gasteiger partial charge in [-0.25, -0.2) is 4.39 Å². The Labute approximate surface area is 131 Å². The summed E-state index contributed by atoms with van der Waals surface area (Å²) in [6.07, 6.45) is 1.05. The first-order valence-electron chi connectivity index (χ1n) is 7.28. The van der Waals surface area contributed by atoms with Crippen LogP contribution in [-0.4, -0.2) is 0 Å². The fraction of sp³-hybridized carbons (Fsp3) is 0.333. The van der Waals surface area contributed by atoms with Crippen molar-refractivity contribution in [3.05, 3.63) is 70.5 Å². The summed E-state index contributed by atoms with van der Waals surface area (Å²) in [5.74, 6) is 0.224. The molecule has 0 aliphatic rings. The number of nitrogens with one attached hydrogen (secondary N) is 1. The van der Waals surface area contributed by atoms with Crippen molar-refractivity contribution in [1.82, 2.24) is 5.32 Å². The normalized spacial score (nSPS) is 12.6. The Kier molecular flexibility index (Phi) is 5.77. The topological polar surface area (TPSA) is 12.0 Å². The molecule has 1 unspecified atom stereocenters. The fourth-order valence-corrected chi connectivity index (χ4v) is 2.59. The first-order chi connectivity index (χ1) is 10.1. The van der Waals surface area contributed by atoms with Gasteiger partial charge < -0.3 is 5.32 Å². The zero-order valence-corrected chi connectivity index (χ0v) is 13.2. The molecule has 0 saturated carbocycles. The van der Waals surface area contributed by atoms with Crippen molar-refractivity contribution in [3.8, 4) is 0 Å². The average Bonchev–Trinajstić information content (AvgIpc) is 2.47. The molecule has 0 aromatic heterocycles. The second kappa shape index (κ2) is 7.58.